The van der Waals surface area contributed by atoms with Crippen LogP contribution in [0.15, 0.2) is 29.4 Å². The van der Waals surface area contributed by atoms with Crippen molar-refractivity contribution in [1.29, 1.82) is 0 Å². The zero-order valence-electron chi connectivity index (χ0n) is 11.0. The summed E-state index contributed by atoms with van der Waals surface area (Å²) in [4.78, 5) is 0. The van der Waals surface area contributed by atoms with Crippen LogP contribution in [-0.2, 0) is 0 Å². The van der Waals surface area contributed by atoms with E-state index in [1.807, 2.05) is 23.9 Å². The average Bonchev–Trinajstić information content (AvgIpc) is 2.33. The van der Waals surface area contributed by atoms with Crippen LogP contribution in [0.4, 0.5) is 0 Å². The molecular formula is C13H20N2O2S. The van der Waals surface area contributed by atoms with Gasteiger partial charge in [0.2, 0.25) is 0 Å². The van der Waals surface area contributed by atoms with Crippen LogP contribution in [0.5, 0.6) is 5.75 Å². The normalized spacial score (nSPS) is 12.5. The van der Waals surface area contributed by atoms with E-state index in [-0.39, 0.29) is 10.6 Å². The fraction of sp³-hybridized carbons (Fsp3) is 0.462. The molecule has 1 aromatic rings. The number of nitrogens with two attached hydrogens (primary N) is 1. The number of nitrogens with zero attached hydrogens (tertiary/aromatic N) is 1. The molecule has 0 spiro atoms. The molecular weight excluding hydrogens is 248 g/mol. The van der Waals surface area contributed by atoms with E-state index in [1.54, 1.807) is 12.1 Å². The van der Waals surface area contributed by atoms with Gasteiger partial charge in [0.25, 0.3) is 0 Å². The molecule has 1 aromatic carbocycles. The molecule has 0 bridgehead atoms. The van der Waals surface area contributed by atoms with Gasteiger partial charge >= 0.3 is 0 Å². The molecule has 100 valence electrons. The van der Waals surface area contributed by atoms with Crippen molar-refractivity contribution in [2.75, 3.05) is 12.4 Å². The molecule has 0 saturated heterocycles. The minimum Gasteiger partial charge on any atom is -0.493 e. The van der Waals surface area contributed by atoms with Gasteiger partial charge in [-0.15, -0.1) is 0 Å². The van der Waals surface area contributed by atoms with Crippen LogP contribution in [0.1, 0.15) is 26.3 Å². The second kappa shape index (κ2) is 6.54. The molecule has 5 heteroatoms. The lowest BCUT2D eigenvalue weighted by Crippen LogP contribution is -2.13. The van der Waals surface area contributed by atoms with Crippen molar-refractivity contribution in [1.82, 2.24) is 0 Å². The minimum absolute atomic E-state index is 0.102. The summed E-state index contributed by atoms with van der Waals surface area (Å²) in [6.45, 7) is 7.22. The van der Waals surface area contributed by atoms with Gasteiger partial charge in [-0.2, -0.15) is 11.8 Å². The number of hydrogen-bond donors (Lipinski definition) is 2. The van der Waals surface area contributed by atoms with Crippen LogP contribution in [-0.4, -0.2) is 28.1 Å². The Morgan fingerprint density at radius 1 is 1.33 bits per heavy atom. The van der Waals surface area contributed by atoms with Crippen molar-refractivity contribution in [3.8, 4) is 5.75 Å². The molecule has 0 atom stereocenters. The Morgan fingerprint density at radius 3 is 2.44 bits per heavy atom. The molecule has 0 heterocycles. The fourth-order valence-electron chi connectivity index (χ4n) is 1.29. The molecule has 18 heavy (non-hydrogen) atoms. The lowest BCUT2D eigenvalue weighted by Gasteiger charge is -2.17. The predicted molar refractivity (Wildman–Crippen MR) is 76.7 cm³/mol. The monoisotopic (exact) mass is 268 g/mol. The van der Waals surface area contributed by atoms with Gasteiger partial charge in [-0.3, -0.25) is 0 Å². The van der Waals surface area contributed by atoms with E-state index in [1.165, 1.54) is 0 Å². The number of ether oxygens (including phenoxy) is 1. The smallest absolute Gasteiger partial charge is 0.170 e. The van der Waals surface area contributed by atoms with Crippen LogP contribution in [0.3, 0.4) is 0 Å². The number of rotatable bonds is 5. The molecule has 0 aliphatic carbocycles. The Morgan fingerprint density at radius 2 is 1.94 bits per heavy atom. The van der Waals surface area contributed by atoms with E-state index in [0.717, 1.165) is 11.5 Å². The summed E-state index contributed by atoms with van der Waals surface area (Å²) in [6.07, 6.45) is 0. The highest BCUT2D eigenvalue weighted by molar-refractivity contribution is 8.00. The first kappa shape index (κ1) is 14.7. The largest absolute Gasteiger partial charge is 0.493 e. The van der Waals surface area contributed by atoms with Crippen LogP contribution in [0.2, 0.25) is 0 Å². The molecule has 0 fully saturated rings. The lowest BCUT2D eigenvalue weighted by molar-refractivity contribution is 0.318. The van der Waals surface area contributed by atoms with Crippen molar-refractivity contribution < 1.29 is 9.94 Å². The SMILES string of the molecule is CC(C)(C)SCCOc1ccc(/C(N)=N/O)cc1. The third-order valence-corrected chi connectivity index (χ3v) is 3.38. The van der Waals surface area contributed by atoms with Gasteiger partial charge in [0.05, 0.1) is 6.61 Å². The Bertz CT molecular complexity index is 396. The maximum absolute atomic E-state index is 8.54. The Kier molecular flexibility index (Phi) is 5.34. The predicted octanol–water partition coefficient (Wildman–Crippen LogP) is 2.69. The van der Waals surface area contributed by atoms with E-state index >= 15 is 0 Å². The minimum atomic E-state index is 0.102. The van der Waals surface area contributed by atoms with Gasteiger partial charge in [-0.1, -0.05) is 25.9 Å². The van der Waals surface area contributed by atoms with Crippen molar-refractivity contribution in [3.05, 3.63) is 29.8 Å². The van der Waals surface area contributed by atoms with Crippen LogP contribution >= 0.6 is 11.8 Å². The molecule has 0 radical (unpaired) electrons. The number of hydrogen-bond acceptors (Lipinski definition) is 4. The van der Waals surface area contributed by atoms with E-state index in [2.05, 4.69) is 25.9 Å². The molecule has 0 aliphatic heterocycles. The standard InChI is InChI=1S/C13H20N2O2S/c1-13(2,3)18-9-8-17-11-6-4-10(5-7-11)12(14)15-16/h4-7,16H,8-9H2,1-3H3,(H2,14,15). The zero-order chi connectivity index (χ0) is 13.6. The van der Waals surface area contributed by atoms with Gasteiger partial charge < -0.3 is 15.7 Å². The van der Waals surface area contributed by atoms with Crippen molar-refractivity contribution >= 4 is 17.6 Å². The highest BCUT2D eigenvalue weighted by atomic mass is 32.2. The second-order valence-electron chi connectivity index (χ2n) is 4.82. The van der Waals surface area contributed by atoms with Gasteiger partial charge in [-0.05, 0) is 24.3 Å². The van der Waals surface area contributed by atoms with Gasteiger partial charge in [-0.25, -0.2) is 0 Å². The number of oxime groups is 1. The Balaban J connectivity index is 2.40. The summed E-state index contributed by atoms with van der Waals surface area (Å²) in [6, 6.07) is 7.16. The first-order valence-corrected chi connectivity index (χ1v) is 6.75. The zero-order valence-corrected chi connectivity index (χ0v) is 11.8. The molecule has 0 amide bonds. The summed E-state index contributed by atoms with van der Waals surface area (Å²) in [5.74, 6) is 1.84. The first-order valence-electron chi connectivity index (χ1n) is 5.77. The molecule has 0 saturated carbocycles. The van der Waals surface area contributed by atoms with E-state index in [9.17, 15) is 0 Å². The summed E-state index contributed by atoms with van der Waals surface area (Å²) in [5, 5.41) is 11.5. The fourth-order valence-corrected chi connectivity index (χ4v) is 2.07. The van der Waals surface area contributed by atoms with Crippen molar-refractivity contribution in [2.24, 2.45) is 10.9 Å². The topological polar surface area (TPSA) is 67.8 Å². The van der Waals surface area contributed by atoms with Gasteiger partial charge in [0.15, 0.2) is 5.84 Å². The third kappa shape index (κ3) is 5.31. The highest BCUT2D eigenvalue weighted by Crippen LogP contribution is 2.22. The van der Waals surface area contributed by atoms with Gasteiger partial charge in [0.1, 0.15) is 5.75 Å². The first-order chi connectivity index (χ1) is 8.42. The Labute approximate surface area is 112 Å². The van der Waals surface area contributed by atoms with Crippen LogP contribution < -0.4 is 10.5 Å². The molecule has 1 rings (SSSR count). The summed E-state index contributed by atoms with van der Waals surface area (Å²) < 4.78 is 5.87. The molecule has 0 unspecified atom stereocenters. The summed E-state index contributed by atoms with van der Waals surface area (Å²) in [7, 11) is 0. The maximum Gasteiger partial charge on any atom is 0.170 e. The van der Waals surface area contributed by atoms with Crippen molar-refractivity contribution in [2.45, 2.75) is 25.5 Å². The maximum atomic E-state index is 8.54. The van der Waals surface area contributed by atoms with E-state index in [0.29, 0.717) is 12.2 Å². The third-order valence-electron chi connectivity index (χ3n) is 2.14. The molecule has 0 aromatic heterocycles. The van der Waals surface area contributed by atoms with E-state index in [4.69, 9.17) is 15.7 Å². The molecule has 4 nitrogen and oxygen atoms in total. The van der Waals surface area contributed by atoms with E-state index < -0.39 is 0 Å². The number of thioether (sulfide) groups is 1. The summed E-state index contributed by atoms with van der Waals surface area (Å²) >= 11 is 1.87. The highest BCUT2D eigenvalue weighted by Gasteiger charge is 2.09. The Hall–Kier alpha value is -1.36. The molecule has 3 N–H and O–H groups in total. The molecule has 0 aliphatic rings. The van der Waals surface area contributed by atoms with Crippen LogP contribution in [0, 0.1) is 0 Å². The number of benzene rings is 1. The quantitative estimate of drug-likeness (QED) is 0.283. The second-order valence-corrected chi connectivity index (χ2v) is 6.74. The van der Waals surface area contributed by atoms with Gasteiger partial charge in [0, 0.05) is 16.1 Å². The average molecular weight is 268 g/mol. The number of amidine groups is 1. The lowest BCUT2D eigenvalue weighted by atomic mass is 10.2. The summed E-state index contributed by atoms with van der Waals surface area (Å²) in [5.41, 5.74) is 6.14. The van der Waals surface area contributed by atoms with Crippen LogP contribution in [0.25, 0.3) is 0 Å². The van der Waals surface area contributed by atoms with Crippen molar-refractivity contribution in [3.63, 3.8) is 0 Å².